The summed E-state index contributed by atoms with van der Waals surface area (Å²) in [6, 6.07) is 13.6. The zero-order valence-electron chi connectivity index (χ0n) is 18.9. The van der Waals surface area contributed by atoms with Gasteiger partial charge in [-0.05, 0) is 54.2 Å². The molecule has 0 unspecified atom stereocenters. The Morgan fingerprint density at radius 1 is 1.12 bits per heavy atom. The lowest BCUT2D eigenvalue weighted by Gasteiger charge is -2.32. The molecule has 174 valence electrons. The molecule has 34 heavy (non-hydrogen) atoms. The maximum atomic E-state index is 12.7. The van der Waals surface area contributed by atoms with Crippen LogP contribution in [0.25, 0.3) is 5.65 Å². The molecule has 3 aromatic heterocycles. The minimum absolute atomic E-state index is 0.0747. The number of hydrogen-bond acceptors (Lipinski definition) is 5. The van der Waals surface area contributed by atoms with Crippen LogP contribution in [0.1, 0.15) is 49.9 Å². The summed E-state index contributed by atoms with van der Waals surface area (Å²) in [5, 5.41) is 4.84. The number of ether oxygens (including phenoxy) is 1. The molecule has 1 aliphatic heterocycles. The van der Waals surface area contributed by atoms with Gasteiger partial charge >= 0.3 is 0 Å². The number of hydrogen-bond donors (Lipinski definition) is 1. The standard InChI is InChI=1S/C26H26N4O3S/c1-33-22-15-23(34-17-22)26(32)30-11-7-20(8-12-30)19-2-4-21(5-3-19)25(31)28-16-18-6-10-29-13-9-27-24(29)14-18/h2-6,9-10,13-15,17,20H,7-8,11-12,16H2,1H3,(H,28,31). The SMILES string of the molecule is COc1csc(C(=O)N2CCC(c3ccc(C(=O)NCc4ccn5ccnc5c4)cc3)CC2)c1. The van der Waals surface area contributed by atoms with Crippen LogP contribution in [0.3, 0.4) is 0 Å². The molecule has 2 amide bonds. The molecule has 1 N–H and O–H groups in total. The highest BCUT2D eigenvalue weighted by Crippen LogP contribution is 2.30. The summed E-state index contributed by atoms with van der Waals surface area (Å²) in [7, 11) is 1.61. The second-order valence-corrected chi connectivity index (χ2v) is 9.36. The fourth-order valence-corrected chi connectivity index (χ4v) is 5.18. The highest BCUT2D eigenvalue weighted by molar-refractivity contribution is 7.12. The van der Waals surface area contributed by atoms with E-state index in [1.807, 2.05) is 63.5 Å². The van der Waals surface area contributed by atoms with Gasteiger partial charge in [-0.25, -0.2) is 4.98 Å². The van der Waals surface area contributed by atoms with Gasteiger partial charge in [-0.2, -0.15) is 0 Å². The summed E-state index contributed by atoms with van der Waals surface area (Å²) >= 11 is 1.42. The van der Waals surface area contributed by atoms with E-state index >= 15 is 0 Å². The Morgan fingerprint density at radius 3 is 2.65 bits per heavy atom. The first-order valence-corrected chi connectivity index (χ1v) is 12.2. The first kappa shape index (κ1) is 22.2. The van der Waals surface area contributed by atoms with Gasteiger partial charge in [0.25, 0.3) is 11.8 Å². The van der Waals surface area contributed by atoms with Gasteiger partial charge in [0.15, 0.2) is 0 Å². The molecule has 8 heteroatoms. The van der Waals surface area contributed by atoms with Crippen molar-refractivity contribution in [2.24, 2.45) is 0 Å². The maximum absolute atomic E-state index is 12.7. The van der Waals surface area contributed by atoms with E-state index in [-0.39, 0.29) is 11.8 Å². The number of amides is 2. The molecule has 1 saturated heterocycles. The van der Waals surface area contributed by atoms with Crippen LogP contribution < -0.4 is 10.1 Å². The molecular weight excluding hydrogens is 448 g/mol. The summed E-state index contributed by atoms with van der Waals surface area (Å²) in [4.78, 5) is 32.3. The molecule has 1 fully saturated rings. The minimum Gasteiger partial charge on any atom is -0.496 e. The number of fused-ring (bicyclic) bond motifs is 1. The first-order chi connectivity index (χ1) is 16.6. The molecular formula is C26H26N4O3S. The Hall–Kier alpha value is -3.65. The van der Waals surface area contributed by atoms with E-state index in [2.05, 4.69) is 10.3 Å². The number of pyridine rings is 1. The predicted molar refractivity (Wildman–Crippen MR) is 132 cm³/mol. The van der Waals surface area contributed by atoms with Crippen LogP contribution in [-0.4, -0.2) is 46.3 Å². The second-order valence-electron chi connectivity index (χ2n) is 8.45. The summed E-state index contributed by atoms with van der Waals surface area (Å²) < 4.78 is 7.13. The van der Waals surface area contributed by atoms with Crippen molar-refractivity contribution in [3.05, 3.63) is 88.0 Å². The summed E-state index contributed by atoms with van der Waals surface area (Å²) in [5.74, 6) is 1.10. The van der Waals surface area contributed by atoms with E-state index < -0.39 is 0 Å². The molecule has 0 radical (unpaired) electrons. The lowest BCUT2D eigenvalue weighted by Crippen LogP contribution is -2.37. The number of thiophene rings is 1. The van der Waals surface area contributed by atoms with Gasteiger partial charge in [0, 0.05) is 55.2 Å². The quantitative estimate of drug-likeness (QED) is 0.451. The lowest BCUT2D eigenvalue weighted by atomic mass is 9.89. The number of likely N-dealkylation sites (tertiary alicyclic amines) is 1. The third kappa shape index (κ3) is 4.68. The Labute approximate surface area is 202 Å². The smallest absolute Gasteiger partial charge is 0.264 e. The number of piperidine rings is 1. The average Bonchev–Trinajstić information content (AvgIpc) is 3.56. The van der Waals surface area contributed by atoms with Crippen molar-refractivity contribution in [3.8, 4) is 5.75 Å². The molecule has 1 aliphatic rings. The molecule has 4 aromatic rings. The fraction of sp³-hybridized carbons (Fsp3) is 0.269. The average molecular weight is 475 g/mol. The van der Waals surface area contributed by atoms with Crippen molar-refractivity contribution >= 4 is 28.8 Å². The molecule has 1 aromatic carbocycles. The number of carbonyl (C=O) groups excluding carboxylic acids is 2. The Balaban J connectivity index is 1.14. The monoisotopic (exact) mass is 474 g/mol. The number of rotatable bonds is 6. The summed E-state index contributed by atoms with van der Waals surface area (Å²) in [6.45, 7) is 1.91. The molecule has 0 atom stereocenters. The van der Waals surface area contributed by atoms with E-state index in [0.717, 1.165) is 47.8 Å². The molecule has 5 rings (SSSR count). The molecule has 7 nitrogen and oxygen atoms in total. The Morgan fingerprint density at radius 2 is 1.91 bits per heavy atom. The van der Waals surface area contributed by atoms with E-state index in [1.165, 1.54) is 16.9 Å². The minimum atomic E-state index is -0.0958. The van der Waals surface area contributed by atoms with Crippen LogP contribution in [0.5, 0.6) is 5.75 Å². The number of carbonyl (C=O) groups is 2. The maximum Gasteiger partial charge on any atom is 0.264 e. The largest absolute Gasteiger partial charge is 0.496 e. The molecule has 0 aliphatic carbocycles. The normalized spacial score (nSPS) is 14.3. The van der Waals surface area contributed by atoms with Crippen LogP contribution in [-0.2, 0) is 6.54 Å². The van der Waals surface area contributed by atoms with Gasteiger partial charge in [-0.1, -0.05) is 12.1 Å². The topological polar surface area (TPSA) is 75.9 Å². The van der Waals surface area contributed by atoms with Gasteiger partial charge in [0.05, 0.1) is 12.0 Å². The van der Waals surface area contributed by atoms with Gasteiger partial charge in [-0.15, -0.1) is 11.3 Å². The first-order valence-electron chi connectivity index (χ1n) is 11.3. The summed E-state index contributed by atoms with van der Waals surface area (Å²) in [6.07, 6.45) is 7.41. The molecule has 0 saturated carbocycles. The van der Waals surface area contributed by atoms with Crippen molar-refractivity contribution in [1.82, 2.24) is 19.6 Å². The molecule has 4 heterocycles. The van der Waals surface area contributed by atoms with Crippen molar-refractivity contribution in [2.45, 2.75) is 25.3 Å². The number of aromatic nitrogens is 2. The number of nitrogens with one attached hydrogen (secondary N) is 1. The number of methoxy groups -OCH3 is 1. The highest BCUT2D eigenvalue weighted by Gasteiger charge is 2.25. The predicted octanol–water partition coefficient (Wildman–Crippen LogP) is 4.35. The van der Waals surface area contributed by atoms with Crippen LogP contribution in [0.15, 0.2) is 66.4 Å². The zero-order chi connectivity index (χ0) is 23.5. The van der Waals surface area contributed by atoms with Crippen molar-refractivity contribution < 1.29 is 14.3 Å². The van der Waals surface area contributed by atoms with Crippen LogP contribution in [0, 0.1) is 0 Å². The van der Waals surface area contributed by atoms with Crippen LogP contribution in [0.2, 0.25) is 0 Å². The summed E-state index contributed by atoms with van der Waals surface area (Å²) in [5.41, 5.74) is 3.72. The lowest BCUT2D eigenvalue weighted by molar-refractivity contribution is 0.0717. The highest BCUT2D eigenvalue weighted by atomic mass is 32.1. The van der Waals surface area contributed by atoms with E-state index in [0.29, 0.717) is 18.0 Å². The fourth-order valence-electron chi connectivity index (χ4n) is 4.36. The molecule has 0 spiro atoms. The van der Waals surface area contributed by atoms with Gasteiger partial charge in [0.2, 0.25) is 0 Å². The van der Waals surface area contributed by atoms with Crippen LogP contribution in [0.4, 0.5) is 0 Å². The van der Waals surface area contributed by atoms with Gasteiger partial charge < -0.3 is 19.4 Å². The van der Waals surface area contributed by atoms with E-state index in [4.69, 9.17) is 4.74 Å². The van der Waals surface area contributed by atoms with E-state index in [9.17, 15) is 9.59 Å². The third-order valence-corrected chi connectivity index (χ3v) is 7.26. The number of benzene rings is 1. The molecule has 0 bridgehead atoms. The van der Waals surface area contributed by atoms with Crippen molar-refractivity contribution in [1.29, 1.82) is 0 Å². The number of nitrogens with zero attached hydrogens (tertiary/aromatic N) is 3. The zero-order valence-corrected chi connectivity index (χ0v) is 19.8. The Bertz CT molecular complexity index is 1300. The van der Waals surface area contributed by atoms with Gasteiger partial charge in [-0.3, -0.25) is 9.59 Å². The Kier molecular flexibility index (Phi) is 6.31. The second kappa shape index (κ2) is 9.69. The van der Waals surface area contributed by atoms with E-state index in [1.54, 1.807) is 19.4 Å². The van der Waals surface area contributed by atoms with Crippen molar-refractivity contribution in [3.63, 3.8) is 0 Å². The number of imidazole rings is 1. The van der Waals surface area contributed by atoms with Crippen molar-refractivity contribution in [2.75, 3.05) is 20.2 Å². The third-order valence-electron chi connectivity index (χ3n) is 6.36. The van der Waals surface area contributed by atoms with Crippen LogP contribution >= 0.6 is 11.3 Å². The van der Waals surface area contributed by atoms with Gasteiger partial charge in [0.1, 0.15) is 11.4 Å².